The van der Waals surface area contributed by atoms with Crippen molar-refractivity contribution in [3.8, 4) is 0 Å². The SMILES string of the molecule is NNCCC(c1cccc(S(=O)(=O)O)c1)S(=O)(=O)CCO. The smallest absolute Gasteiger partial charge is 0.294 e. The van der Waals surface area contributed by atoms with Crippen molar-refractivity contribution < 1.29 is 26.5 Å². The van der Waals surface area contributed by atoms with Crippen LogP contribution in [0.2, 0.25) is 0 Å². The Morgan fingerprint density at radius 2 is 1.90 bits per heavy atom. The normalized spacial score (nSPS) is 14.0. The minimum Gasteiger partial charge on any atom is -0.395 e. The van der Waals surface area contributed by atoms with Gasteiger partial charge in [0.25, 0.3) is 10.1 Å². The molecule has 21 heavy (non-hydrogen) atoms. The summed E-state index contributed by atoms with van der Waals surface area (Å²) < 4.78 is 55.6. The van der Waals surface area contributed by atoms with Crippen molar-refractivity contribution in [1.29, 1.82) is 0 Å². The zero-order valence-corrected chi connectivity index (χ0v) is 12.8. The minimum atomic E-state index is -4.42. The summed E-state index contributed by atoms with van der Waals surface area (Å²) in [7, 11) is -8.10. The summed E-state index contributed by atoms with van der Waals surface area (Å²) in [6.45, 7) is -0.349. The standard InChI is InChI=1S/C11H18N2O6S2/c12-13-5-4-11(20(15,16)7-6-14)9-2-1-3-10(8-9)21(17,18)19/h1-3,8,11,13-14H,4-7,12H2,(H,17,18,19). The molecule has 1 aromatic carbocycles. The summed E-state index contributed by atoms with van der Waals surface area (Å²) in [6.07, 6.45) is 0.105. The number of hydrogen-bond acceptors (Lipinski definition) is 7. The maximum absolute atomic E-state index is 12.2. The van der Waals surface area contributed by atoms with E-state index in [0.717, 1.165) is 12.1 Å². The lowest BCUT2D eigenvalue weighted by molar-refractivity contribution is 0.319. The second-order valence-electron chi connectivity index (χ2n) is 4.37. The molecule has 8 nitrogen and oxygen atoms in total. The first kappa shape index (κ1) is 18.0. The maximum atomic E-state index is 12.2. The van der Waals surface area contributed by atoms with Crippen LogP contribution in [0.3, 0.4) is 0 Å². The average molecular weight is 338 g/mol. The van der Waals surface area contributed by atoms with Gasteiger partial charge in [0.15, 0.2) is 9.84 Å². The fraction of sp³-hybridized carbons (Fsp3) is 0.455. The zero-order valence-electron chi connectivity index (χ0n) is 11.1. The third-order valence-corrected chi connectivity index (χ3v) is 5.86. The molecule has 10 heteroatoms. The first-order valence-corrected chi connectivity index (χ1v) is 9.21. The van der Waals surface area contributed by atoms with E-state index >= 15 is 0 Å². The lowest BCUT2D eigenvalue weighted by Gasteiger charge is -2.18. The Morgan fingerprint density at radius 3 is 2.43 bits per heavy atom. The van der Waals surface area contributed by atoms with Gasteiger partial charge in [-0.2, -0.15) is 8.42 Å². The monoisotopic (exact) mass is 338 g/mol. The van der Waals surface area contributed by atoms with Crippen molar-refractivity contribution in [1.82, 2.24) is 5.43 Å². The van der Waals surface area contributed by atoms with Gasteiger partial charge < -0.3 is 5.11 Å². The Bertz CT molecular complexity index is 672. The van der Waals surface area contributed by atoms with Crippen molar-refractivity contribution in [3.63, 3.8) is 0 Å². The molecule has 1 aromatic rings. The van der Waals surface area contributed by atoms with Crippen LogP contribution >= 0.6 is 0 Å². The van der Waals surface area contributed by atoms with Crippen LogP contribution in [0, 0.1) is 0 Å². The van der Waals surface area contributed by atoms with Crippen LogP contribution in [0.4, 0.5) is 0 Å². The number of sulfone groups is 1. The summed E-state index contributed by atoms with van der Waals surface area (Å²) in [5.74, 6) is 4.70. The highest BCUT2D eigenvalue weighted by atomic mass is 32.2. The molecule has 0 heterocycles. The lowest BCUT2D eigenvalue weighted by Crippen LogP contribution is -2.28. The molecular formula is C11H18N2O6S2. The highest BCUT2D eigenvalue weighted by Crippen LogP contribution is 2.28. The van der Waals surface area contributed by atoms with Gasteiger partial charge in [-0.1, -0.05) is 12.1 Å². The molecule has 0 aliphatic rings. The number of hydrogen-bond donors (Lipinski definition) is 4. The van der Waals surface area contributed by atoms with Gasteiger partial charge in [-0.05, 0) is 24.1 Å². The lowest BCUT2D eigenvalue weighted by atomic mass is 10.1. The van der Waals surface area contributed by atoms with Gasteiger partial charge in [-0.3, -0.25) is 15.8 Å². The predicted octanol–water partition coefficient (Wildman–Crippen LogP) is -0.765. The molecule has 0 aliphatic heterocycles. The number of nitrogens with two attached hydrogens (primary N) is 1. The molecule has 0 amide bonds. The van der Waals surface area contributed by atoms with Crippen LogP contribution in [0.5, 0.6) is 0 Å². The van der Waals surface area contributed by atoms with Crippen LogP contribution in [-0.4, -0.2) is 45.4 Å². The number of nitrogens with one attached hydrogen (secondary N) is 1. The van der Waals surface area contributed by atoms with Gasteiger partial charge in [0.2, 0.25) is 0 Å². The second kappa shape index (κ2) is 7.29. The summed E-state index contributed by atoms with van der Waals surface area (Å²) in [6, 6.07) is 5.06. The molecule has 0 saturated carbocycles. The molecule has 5 N–H and O–H groups in total. The fourth-order valence-electron chi connectivity index (χ4n) is 1.91. The van der Waals surface area contributed by atoms with E-state index in [9.17, 15) is 16.8 Å². The van der Waals surface area contributed by atoms with Gasteiger partial charge in [0.1, 0.15) is 0 Å². The quantitative estimate of drug-likeness (QED) is 0.275. The van der Waals surface area contributed by atoms with E-state index < -0.39 is 37.6 Å². The summed E-state index contributed by atoms with van der Waals surface area (Å²) in [5, 5.41) is 7.83. The minimum absolute atomic E-state index is 0.105. The largest absolute Gasteiger partial charge is 0.395 e. The van der Waals surface area contributed by atoms with Crippen molar-refractivity contribution in [2.75, 3.05) is 18.9 Å². The summed E-state index contributed by atoms with van der Waals surface area (Å²) in [5.41, 5.74) is 2.55. The van der Waals surface area contributed by atoms with E-state index in [1.165, 1.54) is 12.1 Å². The molecular weight excluding hydrogens is 320 g/mol. The topological polar surface area (TPSA) is 147 Å². The molecule has 0 spiro atoms. The number of aliphatic hydroxyl groups excluding tert-OH is 1. The Hall–Kier alpha value is -1.04. The first-order valence-electron chi connectivity index (χ1n) is 6.05. The third-order valence-electron chi connectivity index (χ3n) is 2.89. The Kier molecular flexibility index (Phi) is 6.25. The van der Waals surface area contributed by atoms with Gasteiger partial charge in [0.05, 0.1) is 22.5 Å². The molecule has 0 bridgehead atoms. The molecule has 0 aromatic heterocycles. The van der Waals surface area contributed by atoms with E-state index in [2.05, 4.69) is 5.43 Å². The molecule has 120 valence electrons. The van der Waals surface area contributed by atoms with Crippen molar-refractivity contribution >= 4 is 20.0 Å². The fourth-order valence-corrected chi connectivity index (χ4v) is 4.03. The molecule has 0 saturated heterocycles. The average Bonchev–Trinajstić information content (AvgIpc) is 2.38. The zero-order chi connectivity index (χ0) is 16.1. The van der Waals surface area contributed by atoms with Crippen molar-refractivity contribution in [2.45, 2.75) is 16.6 Å². The number of rotatable bonds is 8. The molecule has 1 atom stereocenters. The number of aliphatic hydroxyl groups is 1. The Balaban J connectivity index is 3.27. The summed E-state index contributed by atoms with van der Waals surface area (Å²) in [4.78, 5) is -0.384. The molecule has 1 rings (SSSR count). The van der Waals surface area contributed by atoms with E-state index in [4.69, 9.17) is 15.5 Å². The number of benzene rings is 1. The van der Waals surface area contributed by atoms with Gasteiger partial charge >= 0.3 is 0 Å². The van der Waals surface area contributed by atoms with Crippen LogP contribution in [0.25, 0.3) is 0 Å². The highest BCUT2D eigenvalue weighted by molar-refractivity contribution is 7.91. The van der Waals surface area contributed by atoms with Crippen LogP contribution in [-0.2, 0) is 20.0 Å². The van der Waals surface area contributed by atoms with E-state index in [0.29, 0.717) is 0 Å². The maximum Gasteiger partial charge on any atom is 0.294 e. The van der Waals surface area contributed by atoms with Gasteiger partial charge in [-0.15, -0.1) is 0 Å². The Morgan fingerprint density at radius 1 is 1.24 bits per heavy atom. The van der Waals surface area contributed by atoms with Crippen molar-refractivity contribution in [2.24, 2.45) is 5.84 Å². The predicted molar refractivity (Wildman–Crippen MR) is 76.7 cm³/mol. The summed E-state index contributed by atoms with van der Waals surface area (Å²) >= 11 is 0. The Labute approximate surface area is 123 Å². The van der Waals surface area contributed by atoms with Gasteiger partial charge in [0, 0.05) is 6.54 Å². The van der Waals surface area contributed by atoms with Gasteiger partial charge in [-0.25, -0.2) is 8.42 Å². The van der Waals surface area contributed by atoms with E-state index in [1.807, 2.05) is 0 Å². The highest BCUT2D eigenvalue weighted by Gasteiger charge is 2.27. The molecule has 0 radical (unpaired) electrons. The second-order valence-corrected chi connectivity index (χ2v) is 8.09. The molecule has 1 unspecified atom stereocenters. The molecule has 0 fully saturated rings. The van der Waals surface area contributed by atoms with E-state index in [-0.39, 0.29) is 23.4 Å². The van der Waals surface area contributed by atoms with Crippen molar-refractivity contribution in [3.05, 3.63) is 29.8 Å². The third kappa shape index (κ3) is 5.02. The van der Waals surface area contributed by atoms with Crippen LogP contribution < -0.4 is 11.3 Å². The van der Waals surface area contributed by atoms with E-state index in [1.54, 1.807) is 0 Å². The molecule has 0 aliphatic carbocycles. The first-order chi connectivity index (χ1) is 9.72. The van der Waals surface area contributed by atoms with Crippen LogP contribution in [0.15, 0.2) is 29.2 Å². The number of hydrazine groups is 1. The van der Waals surface area contributed by atoms with Crippen LogP contribution in [0.1, 0.15) is 17.2 Å².